The van der Waals surface area contributed by atoms with Gasteiger partial charge in [0.25, 0.3) is 0 Å². The van der Waals surface area contributed by atoms with E-state index in [1.807, 2.05) is 0 Å². The number of hydrogen-bond acceptors (Lipinski definition) is 1. The zero-order chi connectivity index (χ0) is 13.1. The highest BCUT2D eigenvalue weighted by molar-refractivity contribution is 7.86. The van der Waals surface area contributed by atoms with E-state index in [1.165, 1.54) is 51.4 Å². The molecule has 104 valence electrons. The fraction of sp³-hybridized carbons (Fsp3) is 1.00. The highest BCUT2D eigenvalue weighted by Crippen LogP contribution is 2.14. The molecule has 0 saturated heterocycles. The lowest BCUT2D eigenvalue weighted by Gasteiger charge is -2.17. The van der Waals surface area contributed by atoms with Crippen LogP contribution >= 0.6 is 0 Å². The molecule has 0 saturated carbocycles. The van der Waals surface area contributed by atoms with Crippen molar-refractivity contribution >= 4 is 10.8 Å². The van der Waals surface area contributed by atoms with Gasteiger partial charge in [-0.15, -0.1) is 0 Å². The Morgan fingerprint density at radius 3 is 1.59 bits per heavy atom. The van der Waals surface area contributed by atoms with Crippen molar-refractivity contribution in [3.8, 4) is 0 Å². The van der Waals surface area contributed by atoms with Gasteiger partial charge in [0.2, 0.25) is 0 Å². The van der Waals surface area contributed by atoms with Crippen LogP contribution in [0.15, 0.2) is 0 Å². The Labute approximate surface area is 111 Å². The maximum Gasteiger partial charge on any atom is 0.0375 e. The van der Waals surface area contributed by atoms with E-state index in [0.717, 1.165) is 12.2 Å². The lowest BCUT2D eigenvalue weighted by Crippen LogP contribution is -2.23. The largest absolute Gasteiger partial charge is 0.259 e. The molecule has 0 radical (unpaired) electrons. The summed E-state index contributed by atoms with van der Waals surface area (Å²) in [6.07, 6.45) is 12.0. The van der Waals surface area contributed by atoms with E-state index in [-0.39, 0.29) is 4.75 Å². The molecule has 0 spiro atoms. The van der Waals surface area contributed by atoms with Crippen molar-refractivity contribution in [2.24, 2.45) is 0 Å². The van der Waals surface area contributed by atoms with E-state index < -0.39 is 10.8 Å². The molecule has 1 nitrogen and oxygen atoms in total. The first kappa shape index (κ1) is 17.2. The monoisotopic (exact) mass is 260 g/mol. The predicted molar refractivity (Wildman–Crippen MR) is 80.0 cm³/mol. The predicted octanol–water partition coefficient (Wildman–Crippen LogP) is 5.06. The molecular weight excluding hydrogens is 228 g/mol. The Balaban J connectivity index is 3.22. The van der Waals surface area contributed by atoms with Gasteiger partial charge >= 0.3 is 0 Å². The number of unbranched alkanes of at least 4 members (excludes halogenated alkanes) is 8. The lowest BCUT2D eigenvalue weighted by molar-refractivity contribution is 0.571. The van der Waals surface area contributed by atoms with Crippen molar-refractivity contribution in [2.75, 3.05) is 5.75 Å². The van der Waals surface area contributed by atoms with Crippen LogP contribution in [0, 0.1) is 0 Å². The summed E-state index contributed by atoms with van der Waals surface area (Å²) in [7, 11) is -0.649. The molecule has 0 bridgehead atoms. The summed E-state index contributed by atoms with van der Waals surface area (Å²) in [6.45, 7) is 8.46. The maximum atomic E-state index is 11.8. The number of hydrogen-bond donors (Lipinski definition) is 0. The Morgan fingerprint density at radius 2 is 1.18 bits per heavy atom. The third-order valence-electron chi connectivity index (χ3n) is 3.12. The number of rotatable bonds is 10. The van der Waals surface area contributed by atoms with Gasteiger partial charge in [0, 0.05) is 21.3 Å². The highest BCUT2D eigenvalue weighted by atomic mass is 32.2. The second kappa shape index (κ2) is 10.1. The van der Waals surface area contributed by atoms with E-state index in [2.05, 4.69) is 27.7 Å². The summed E-state index contributed by atoms with van der Waals surface area (Å²) in [5.41, 5.74) is 0. The highest BCUT2D eigenvalue weighted by Gasteiger charge is 2.18. The molecule has 0 aromatic rings. The topological polar surface area (TPSA) is 17.1 Å². The first-order valence-electron chi connectivity index (χ1n) is 7.37. The van der Waals surface area contributed by atoms with Gasteiger partial charge in [-0.3, -0.25) is 4.21 Å². The van der Waals surface area contributed by atoms with E-state index in [9.17, 15) is 4.21 Å². The van der Waals surface area contributed by atoms with Gasteiger partial charge < -0.3 is 0 Å². The van der Waals surface area contributed by atoms with Crippen molar-refractivity contribution in [3.05, 3.63) is 0 Å². The summed E-state index contributed by atoms with van der Waals surface area (Å²) in [4.78, 5) is 0. The molecule has 0 rings (SSSR count). The van der Waals surface area contributed by atoms with Crippen LogP contribution in [0.3, 0.4) is 0 Å². The molecule has 0 unspecified atom stereocenters. The molecule has 0 aromatic heterocycles. The van der Waals surface area contributed by atoms with Gasteiger partial charge in [-0.05, 0) is 27.2 Å². The molecule has 1 atom stereocenters. The van der Waals surface area contributed by atoms with Gasteiger partial charge in [0.05, 0.1) is 0 Å². The summed E-state index contributed by atoms with van der Waals surface area (Å²) in [5.74, 6) is 0.888. The van der Waals surface area contributed by atoms with Crippen molar-refractivity contribution in [1.82, 2.24) is 0 Å². The van der Waals surface area contributed by atoms with Crippen LogP contribution in [-0.2, 0) is 10.8 Å². The van der Waals surface area contributed by atoms with Crippen LogP contribution in [-0.4, -0.2) is 14.7 Å². The van der Waals surface area contributed by atoms with E-state index in [1.54, 1.807) is 0 Å². The third kappa shape index (κ3) is 11.0. The summed E-state index contributed by atoms with van der Waals surface area (Å²) in [5, 5.41) is 0. The zero-order valence-corrected chi connectivity index (χ0v) is 13.2. The normalized spacial score (nSPS) is 13.9. The van der Waals surface area contributed by atoms with Gasteiger partial charge in [-0.1, -0.05) is 58.3 Å². The molecule has 17 heavy (non-hydrogen) atoms. The van der Waals surface area contributed by atoms with Crippen molar-refractivity contribution in [3.63, 3.8) is 0 Å². The maximum absolute atomic E-state index is 11.8. The van der Waals surface area contributed by atoms with E-state index in [0.29, 0.717) is 0 Å². The zero-order valence-electron chi connectivity index (χ0n) is 12.4. The molecule has 0 aliphatic carbocycles. The SMILES string of the molecule is CCCCCCCCCCC[S@](=O)C(C)(C)C. The van der Waals surface area contributed by atoms with Crippen LogP contribution < -0.4 is 0 Å². The Kier molecular flexibility index (Phi) is 10.2. The molecule has 0 aromatic carbocycles. The second-order valence-corrected chi connectivity index (χ2v) is 8.31. The smallest absolute Gasteiger partial charge is 0.0375 e. The van der Waals surface area contributed by atoms with Crippen molar-refractivity contribution in [2.45, 2.75) is 90.2 Å². The molecule has 0 N–H and O–H groups in total. The standard InChI is InChI=1S/C15H32OS/c1-5-6-7-8-9-10-11-12-13-14-17(16)15(2,3)4/h5-14H2,1-4H3/t17-/m0/s1. The van der Waals surface area contributed by atoms with Crippen LogP contribution in [0.2, 0.25) is 0 Å². The van der Waals surface area contributed by atoms with Crippen LogP contribution in [0.1, 0.15) is 85.5 Å². The summed E-state index contributed by atoms with van der Waals surface area (Å²) in [6, 6.07) is 0. The third-order valence-corrected chi connectivity index (χ3v) is 5.14. The van der Waals surface area contributed by atoms with Gasteiger partial charge in [0.1, 0.15) is 0 Å². The minimum Gasteiger partial charge on any atom is -0.259 e. The Hall–Kier alpha value is 0.150. The minimum absolute atomic E-state index is 0.0276. The fourth-order valence-corrected chi connectivity index (χ4v) is 2.93. The van der Waals surface area contributed by atoms with E-state index in [4.69, 9.17) is 0 Å². The quantitative estimate of drug-likeness (QED) is 0.501. The lowest BCUT2D eigenvalue weighted by atomic mass is 10.1. The Morgan fingerprint density at radius 1 is 0.765 bits per heavy atom. The molecule has 0 aliphatic rings. The first-order chi connectivity index (χ1) is 7.98. The van der Waals surface area contributed by atoms with Crippen molar-refractivity contribution < 1.29 is 4.21 Å². The molecule has 2 heteroatoms. The average Bonchev–Trinajstić information content (AvgIpc) is 2.25. The average molecular weight is 260 g/mol. The summed E-state index contributed by atoms with van der Waals surface area (Å²) >= 11 is 0. The van der Waals surface area contributed by atoms with E-state index >= 15 is 0 Å². The van der Waals surface area contributed by atoms with Gasteiger partial charge in [-0.2, -0.15) is 0 Å². The molecule has 0 amide bonds. The Bertz CT molecular complexity index is 194. The molecular formula is C15H32OS. The molecule has 0 aliphatic heterocycles. The first-order valence-corrected chi connectivity index (χ1v) is 8.69. The van der Waals surface area contributed by atoms with Crippen LogP contribution in [0.25, 0.3) is 0 Å². The minimum atomic E-state index is -0.649. The molecule has 0 heterocycles. The second-order valence-electron chi connectivity index (χ2n) is 5.99. The van der Waals surface area contributed by atoms with Gasteiger partial charge in [0.15, 0.2) is 0 Å². The van der Waals surface area contributed by atoms with Gasteiger partial charge in [-0.25, -0.2) is 0 Å². The van der Waals surface area contributed by atoms with Crippen LogP contribution in [0.5, 0.6) is 0 Å². The molecule has 0 fully saturated rings. The summed E-state index contributed by atoms with van der Waals surface area (Å²) < 4.78 is 11.8. The van der Waals surface area contributed by atoms with Crippen molar-refractivity contribution in [1.29, 1.82) is 0 Å². The fourth-order valence-electron chi connectivity index (χ4n) is 1.85. The van der Waals surface area contributed by atoms with Crippen LogP contribution in [0.4, 0.5) is 0 Å².